The minimum atomic E-state index is -3.69. The summed E-state index contributed by atoms with van der Waals surface area (Å²) >= 11 is 3.50. The lowest BCUT2D eigenvalue weighted by atomic mass is 9.97. The largest absolute Gasteiger partial charge is 0.494 e. The van der Waals surface area contributed by atoms with Crippen molar-refractivity contribution in [1.82, 2.24) is 4.31 Å². The van der Waals surface area contributed by atoms with E-state index in [1.165, 1.54) is 4.31 Å². The molecule has 2 aromatic carbocycles. The third-order valence-corrected chi connectivity index (χ3v) is 8.67. The number of hydrogen-bond donors (Lipinski definition) is 0. The van der Waals surface area contributed by atoms with Gasteiger partial charge in [-0.1, -0.05) is 15.9 Å². The van der Waals surface area contributed by atoms with Crippen molar-refractivity contribution in [2.75, 3.05) is 24.6 Å². The molecular formula is C24H29BrN2O4S. The molecule has 0 aromatic heterocycles. The molecule has 172 valence electrons. The third-order valence-electron chi connectivity index (χ3n) is 6.31. The molecule has 4 rings (SSSR count). The zero-order valence-electron chi connectivity index (χ0n) is 18.7. The van der Waals surface area contributed by atoms with Crippen molar-refractivity contribution in [2.45, 2.75) is 51.0 Å². The molecule has 1 amide bonds. The van der Waals surface area contributed by atoms with Crippen LogP contribution in [0.2, 0.25) is 0 Å². The van der Waals surface area contributed by atoms with E-state index in [0.717, 1.165) is 27.7 Å². The Morgan fingerprint density at radius 1 is 1.22 bits per heavy atom. The van der Waals surface area contributed by atoms with E-state index < -0.39 is 10.0 Å². The van der Waals surface area contributed by atoms with Gasteiger partial charge in [0.05, 0.1) is 17.4 Å². The van der Waals surface area contributed by atoms with E-state index in [0.29, 0.717) is 31.7 Å². The van der Waals surface area contributed by atoms with Gasteiger partial charge < -0.3 is 9.64 Å². The topological polar surface area (TPSA) is 66.9 Å². The van der Waals surface area contributed by atoms with Gasteiger partial charge in [0, 0.05) is 29.3 Å². The first-order chi connectivity index (χ1) is 15.2. The van der Waals surface area contributed by atoms with E-state index in [9.17, 15) is 13.2 Å². The lowest BCUT2D eigenvalue weighted by Crippen LogP contribution is -2.48. The molecule has 2 heterocycles. The number of carbonyl (C=O) groups is 1. The minimum Gasteiger partial charge on any atom is -0.494 e. The standard InChI is InChI=1S/C24H29BrN2O4S/c1-4-31-23-10-8-21(12-16(23)2)32(29,30)26-11-5-6-18(15-26)24(28)27-17(3)13-19-14-20(25)7-9-22(19)27/h7-10,12,14,17-18H,4-6,11,13,15H2,1-3H3/t17-,18+/m1/s1. The summed E-state index contributed by atoms with van der Waals surface area (Å²) in [5, 5.41) is 0. The molecule has 1 fully saturated rings. The van der Waals surface area contributed by atoms with Crippen LogP contribution in [-0.4, -0.2) is 44.4 Å². The van der Waals surface area contributed by atoms with Gasteiger partial charge in [-0.05, 0) is 87.6 Å². The number of ether oxygens (including phenoxy) is 1. The molecule has 0 spiro atoms. The van der Waals surface area contributed by atoms with Gasteiger partial charge in [-0.25, -0.2) is 8.42 Å². The lowest BCUT2D eigenvalue weighted by Gasteiger charge is -2.34. The maximum absolute atomic E-state index is 13.5. The molecule has 2 atom stereocenters. The molecule has 0 radical (unpaired) electrons. The van der Waals surface area contributed by atoms with Gasteiger partial charge in [0.2, 0.25) is 15.9 Å². The second-order valence-electron chi connectivity index (χ2n) is 8.60. The third kappa shape index (κ3) is 4.32. The van der Waals surface area contributed by atoms with E-state index in [4.69, 9.17) is 4.74 Å². The summed E-state index contributed by atoms with van der Waals surface area (Å²) in [5.41, 5.74) is 2.87. The Kier molecular flexibility index (Phi) is 6.66. The molecule has 6 nitrogen and oxygen atoms in total. The Labute approximate surface area is 198 Å². The maximum Gasteiger partial charge on any atom is 0.243 e. The summed E-state index contributed by atoms with van der Waals surface area (Å²) in [6.07, 6.45) is 2.17. The highest BCUT2D eigenvalue weighted by molar-refractivity contribution is 9.10. The number of amides is 1. The van der Waals surface area contributed by atoms with Crippen LogP contribution < -0.4 is 9.64 Å². The van der Waals surface area contributed by atoms with Crippen LogP contribution in [0, 0.1) is 12.8 Å². The molecule has 32 heavy (non-hydrogen) atoms. The zero-order valence-corrected chi connectivity index (χ0v) is 21.1. The highest BCUT2D eigenvalue weighted by Gasteiger charge is 2.39. The number of anilines is 1. The molecule has 0 unspecified atom stereocenters. The normalized spacial score (nSPS) is 21.4. The fourth-order valence-electron chi connectivity index (χ4n) is 4.74. The summed E-state index contributed by atoms with van der Waals surface area (Å²) in [5.74, 6) is 0.354. The minimum absolute atomic E-state index is 0.0151. The van der Waals surface area contributed by atoms with Crippen LogP contribution in [0.15, 0.2) is 45.8 Å². The van der Waals surface area contributed by atoms with Gasteiger partial charge in [-0.2, -0.15) is 4.31 Å². The zero-order chi connectivity index (χ0) is 23.0. The number of fused-ring (bicyclic) bond motifs is 1. The molecule has 0 bridgehead atoms. The van der Waals surface area contributed by atoms with Crippen LogP contribution in [0.4, 0.5) is 5.69 Å². The average Bonchev–Trinajstić information content (AvgIpc) is 3.09. The number of rotatable bonds is 5. The van der Waals surface area contributed by atoms with E-state index >= 15 is 0 Å². The molecule has 0 N–H and O–H groups in total. The predicted octanol–water partition coefficient (Wildman–Crippen LogP) is 4.53. The van der Waals surface area contributed by atoms with Crippen LogP contribution in [0.1, 0.15) is 37.8 Å². The maximum atomic E-state index is 13.5. The number of carbonyl (C=O) groups excluding carboxylic acids is 1. The Morgan fingerprint density at radius 2 is 2.00 bits per heavy atom. The first-order valence-electron chi connectivity index (χ1n) is 11.1. The molecule has 0 aliphatic carbocycles. The second-order valence-corrected chi connectivity index (χ2v) is 11.5. The Hall–Kier alpha value is -1.90. The summed E-state index contributed by atoms with van der Waals surface area (Å²) in [7, 11) is -3.69. The summed E-state index contributed by atoms with van der Waals surface area (Å²) < 4.78 is 34.7. The fraction of sp³-hybridized carbons (Fsp3) is 0.458. The quantitative estimate of drug-likeness (QED) is 0.580. The van der Waals surface area contributed by atoms with Crippen molar-refractivity contribution in [3.63, 3.8) is 0 Å². The average molecular weight is 521 g/mol. The summed E-state index contributed by atoms with van der Waals surface area (Å²) in [6, 6.07) is 11.0. The molecule has 8 heteroatoms. The molecule has 2 aromatic rings. The van der Waals surface area contributed by atoms with Crippen molar-refractivity contribution in [1.29, 1.82) is 0 Å². The van der Waals surface area contributed by atoms with E-state index in [-0.39, 0.29) is 29.3 Å². The molecule has 2 aliphatic heterocycles. The van der Waals surface area contributed by atoms with Crippen LogP contribution in [-0.2, 0) is 21.2 Å². The monoisotopic (exact) mass is 520 g/mol. The first-order valence-corrected chi connectivity index (χ1v) is 13.3. The molecular weight excluding hydrogens is 492 g/mol. The Bertz CT molecular complexity index is 1130. The van der Waals surface area contributed by atoms with Gasteiger partial charge in [-0.15, -0.1) is 0 Å². The number of benzene rings is 2. The Morgan fingerprint density at radius 3 is 2.72 bits per heavy atom. The number of nitrogens with zero attached hydrogens (tertiary/aromatic N) is 2. The smallest absolute Gasteiger partial charge is 0.243 e. The SMILES string of the molecule is CCOc1ccc(S(=O)(=O)N2CCC[C@H](C(=O)N3c4ccc(Br)cc4C[C@H]3C)C2)cc1C. The molecule has 1 saturated heterocycles. The fourth-order valence-corrected chi connectivity index (χ4v) is 6.76. The van der Waals surface area contributed by atoms with Gasteiger partial charge in [-0.3, -0.25) is 4.79 Å². The van der Waals surface area contributed by atoms with Gasteiger partial charge >= 0.3 is 0 Å². The van der Waals surface area contributed by atoms with Crippen LogP contribution in [0.5, 0.6) is 5.75 Å². The van der Waals surface area contributed by atoms with Crippen molar-refractivity contribution >= 4 is 37.5 Å². The molecule has 0 saturated carbocycles. The molecule has 2 aliphatic rings. The van der Waals surface area contributed by atoms with Crippen LogP contribution in [0.25, 0.3) is 0 Å². The summed E-state index contributed by atoms with van der Waals surface area (Å²) in [4.78, 5) is 15.6. The number of sulfonamides is 1. The van der Waals surface area contributed by atoms with Gasteiger partial charge in [0.15, 0.2) is 0 Å². The van der Waals surface area contributed by atoms with E-state index in [2.05, 4.69) is 22.0 Å². The number of hydrogen-bond acceptors (Lipinski definition) is 4. The highest BCUT2D eigenvalue weighted by atomic mass is 79.9. The first kappa shape index (κ1) is 23.3. The van der Waals surface area contributed by atoms with Gasteiger partial charge in [0.25, 0.3) is 0 Å². The van der Waals surface area contributed by atoms with Gasteiger partial charge in [0.1, 0.15) is 5.75 Å². The highest BCUT2D eigenvalue weighted by Crippen LogP contribution is 2.36. The number of aryl methyl sites for hydroxylation is 1. The summed E-state index contributed by atoms with van der Waals surface area (Å²) in [6.45, 7) is 6.95. The van der Waals surface area contributed by atoms with Crippen molar-refractivity contribution in [3.05, 3.63) is 52.0 Å². The van der Waals surface area contributed by atoms with Crippen molar-refractivity contribution < 1.29 is 17.9 Å². The van der Waals surface area contributed by atoms with Crippen molar-refractivity contribution in [3.8, 4) is 5.75 Å². The lowest BCUT2D eigenvalue weighted by molar-refractivity contribution is -0.123. The second kappa shape index (κ2) is 9.15. The predicted molar refractivity (Wildman–Crippen MR) is 129 cm³/mol. The van der Waals surface area contributed by atoms with E-state index in [1.807, 2.05) is 37.8 Å². The number of halogens is 1. The van der Waals surface area contributed by atoms with Crippen LogP contribution in [0.3, 0.4) is 0 Å². The van der Waals surface area contributed by atoms with Crippen LogP contribution >= 0.6 is 15.9 Å². The Balaban J connectivity index is 1.55. The number of piperidine rings is 1. The van der Waals surface area contributed by atoms with E-state index in [1.54, 1.807) is 18.2 Å². The van der Waals surface area contributed by atoms with Crippen molar-refractivity contribution in [2.24, 2.45) is 5.92 Å².